The SMILES string of the molecule is Cc1ccc(C(=O)N2CCC[C@@H](C)C2CNc2ncc(C(F)(F)F)cn2)c(-n2nccn2)c1. The number of carbonyl (C=O) groups excluding carboxylic acids is 1. The van der Waals surface area contributed by atoms with Gasteiger partial charge in [0.15, 0.2) is 0 Å². The maximum Gasteiger partial charge on any atom is 0.419 e. The molecule has 2 aromatic heterocycles. The van der Waals surface area contributed by atoms with Gasteiger partial charge in [0, 0.05) is 25.5 Å². The van der Waals surface area contributed by atoms with E-state index >= 15 is 0 Å². The lowest BCUT2D eigenvalue weighted by Gasteiger charge is -2.40. The van der Waals surface area contributed by atoms with Gasteiger partial charge in [-0.1, -0.05) is 13.0 Å². The first-order valence-corrected chi connectivity index (χ1v) is 10.7. The first-order chi connectivity index (χ1) is 15.7. The third-order valence-corrected chi connectivity index (χ3v) is 5.84. The summed E-state index contributed by atoms with van der Waals surface area (Å²) in [6.07, 6.45) is 1.91. The van der Waals surface area contributed by atoms with Crippen molar-refractivity contribution in [1.29, 1.82) is 0 Å². The molecule has 8 nitrogen and oxygen atoms in total. The molecule has 11 heteroatoms. The summed E-state index contributed by atoms with van der Waals surface area (Å²) in [4.78, 5) is 24.4. The highest BCUT2D eigenvalue weighted by molar-refractivity contribution is 5.98. The standard InChI is InChI=1S/C22H24F3N7O/c1-14-5-6-17(18(10-14)32-29-7-8-30-32)20(33)31-9-3-4-15(2)19(31)13-28-21-26-11-16(12-27-21)22(23,24)25/h5-8,10-12,15,19H,3-4,9,13H2,1-2H3,(H,26,27,28)/t15-,19?/m1/s1. The molecule has 3 heterocycles. The number of nitrogens with zero attached hydrogens (tertiary/aromatic N) is 6. The molecule has 0 aliphatic carbocycles. The Balaban J connectivity index is 1.55. The van der Waals surface area contributed by atoms with Crippen LogP contribution >= 0.6 is 0 Å². The van der Waals surface area contributed by atoms with Crippen LogP contribution < -0.4 is 5.32 Å². The minimum absolute atomic E-state index is 0.0879. The Morgan fingerprint density at radius 1 is 1.18 bits per heavy atom. The normalized spacial score (nSPS) is 18.9. The Bertz CT molecular complexity index is 1100. The summed E-state index contributed by atoms with van der Waals surface area (Å²) >= 11 is 0. The number of hydrogen-bond donors (Lipinski definition) is 1. The molecule has 1 aromatic carbocycles. The van der Waals surface area contributed by atoms with Crippen LogP contribution in [0.1, 0.15) is 41.3 Å². The zero-order chi connectivity index (χ0) is 23.6. The van der Waals surface area contributed by atoms with Crippen molar-refractivity contribution in [1.82, 2.24) is 29.9 Å². The van der Waals surface area contributed by atoms with E-state index in [1.165, 1.54) is 4.80 Å². The lowest BCUT2D eigenvalue weighted by Crippen LogP contribution is -2.51. The molecular weight excluding hydrogens is 435 g/mol. The van der Waals surface area contributed by atoms with Crippen LogP contribution in [0.5, 0.6) is 0 Å². The smallest absolute Gasteiger partial charge is 0.352 e. The Hall–Kier alpha value is -3.50. The maximum atomic E-state index is 13.6. The predicted octanol–water partition coefficient (Wildman–Crippen LogP) is 3.74. The number of piperidine rings is 1. The summed E-state index contributed by atoms with van der Waals surface area (Å²) in [5.41, 5.74) is 1.15. The highest BCUT2D eigenvalue weighted by Crippen LogP contribution is 2.29. The van der Waals surface area contributed by atoms with Gasteiger partial charge in [0.1, 0.15) is 0 Å². The Kier molecular flexibility index (Phi) is 6.30. The van der Waals surface area contributed by atoms with Gasteiger partial charge >= 0.3 is 6.18 Å². The van der Waals surface area contributed by atoms with Crippen molar-refractivity contribution < 1.29 is 18.0 Å². The van der Waals surface area contributed by atoms with Gasteiger partial charge < -0.3 is 10.2 Å². The average Bonchev–Trinajstić information content (AvgIpc) is 3.32. The number of aromatic nitrogens is 5. The van der Waals surface area contributed by atoms with E-state index in [2.05, 4.69) is 32.4 Å². The lowest BCUT2D eigenvalue weighted by atomic mass is 9.90. The lowest BCUT2D eigenvalue weighted by molar-refractivity contribution is -0.138. The largest absolute Gasteiger partial charge is 0.419 e. The Morgan fingerprint density at radius 3 is 2.55 bits per heavy atom. The van der Waals surface area contributed by atoms with Crippen molar-refractivity contribution in [2.75, 3.05) is 18.4 Å². The molecule has 0 radical (unpaired) electrons. The number of aryl methyl sites for hydroxylation is 1. The van der Waals surface area contributed by atoms with Crippen molar-refractivity contribution in [3.63, 3.8) is 0 Å². The minimum atomic E-state index is -4.49. The second-order valence-electron chi connectivity index (χ2n) is 8.20. The number of nitrogens with one attached hydrogen (secondary N) is 1. The summed E-state index contributed by atoms with van der Waals surface area (Å²) in [5, 5.41) is 11.3. The zero-order valence-corrected chi connectivity index (χ0v) is 18.3. The number of rotatable bonds is 5. The van der Waals surface area contributed by atoms with Crippen LogP contribution in [0.2, 0.25) is 0 Å². The molecule has 1 amide bonds. The van der Waals surface area contributed by atoms with Crippen LogP contribution in [0.15, 0.2) is 43.0 Å². The maximum absolute atomic E-state index is 13.6. The fraction of sp³-hybridized carbons (Fsp3) is 0.409. The molecule has 1 aliphatic rings. The van der Waals surface area contributed by atoms with E-state index in [0.717, 1.165) is 30.8 Å². The highest BCUT2D eigenvalue weighted by Gasteiger charge is 2.34. The van der Waals surface area contributed by atoms with Crippen molar-refractivity contribution >= 4 is 11.9 Å². The van der Waals surface area contributed by atoms with Crippen LogP contribution in [0.4, 0.5) is 19.1 Å². The van der Waals surface area contributed by atoms with Gasteiger partial charge in [0.2, 0.25) is 5.95 Å². The Labute approximate surface area is 188 Å². The van der Waals surface area contributed by atoms with Gasteiger partial charge in [-0.25, -0.2) is 9.97 Å². The van der Waals surface area contributed by atoms with Crippen LogP contribution in [0, 0.1) is 12.8 Å². The van der Waals surface area contributed by atoms with E-state index in [1.807, 2.05) is 24.0 Å². The summed E-state index contributed by atoms with van der Waals surface area (Å²) < 4.78 is 38.3. The number of hydrogen-bond acceptors (Lipinski definition) is 6. The fourth-order valence-electron chi connectivity index (χ4n) is 4.06. The van der Waals surface area contributed by atoms with Crippen molar-refractivity contribution in [3.05, 3.63) is 59.7 Å². The van der Waals surface area contributed by atoms with E-state index in [1.54, 1.807) is 18.5 Å². The van der Waals surface area contributed by atoms with E-state index in [9.17, 15) is 18.0 Å². The Morgan fingerprint density at radius 2 is 1.88 bits per heavy atom. The van der Waals surface area contributed by atoms with Gasteiger partial charge in [0.05, 0.1) is 35.2 Å². The molecule has 1 saturated heterocycles. The van der Waals surface area contributed by atoms with Gasteiger partial charge in [-0.2, -0.15) is 28.2 Å². The van der Waals surface area contributed by atoms with Gasteiger partial charge in [-0.15, -0.1) is 0 Å². The van der Waals surface area contributed by atoms with Crippen molar-refractivity contribution in [2.24, 2.45) is 5.92 Å². The second kappa shape index (κ2) is 9.16. The third-order valence-electron chi connectivity index (χ3n) is 5.84. The van der Waals surface area contributed by atoms with E-state index in [4.69, 9.17) is 0 Å². The van der Waals surface area contributed by atoms with Crippen molar-refractivity contribution in [2.45, 2.75) is 38.9 Å². The minimum Gasteiger partial charge on any atom is -0.352 e. The number of amides is 1. The number of likely N-dealkylation sites (tertiary alicyclic amines) is 1. The van der Waals surface area contributed by atoms with Gasteiger partial charge in [-0.05, 0) is 43.4 Å². The monoisotopic (exact) mass is 459 g/mol. The zero-order valence-electron chi connectivity index (χ0n) is 18.3. The molecule has 1 N–H and O–H groups in total. The number of benzene rings is 1. The summed E-state index contributed by atoms with van der Waals surface area (Å²) in [6.45, 7) is 4.88. The number of halogens is 3. The van der Waals surface area contributed by atoms with Gasteiger partial charge in [-0.3, -0.25) is 4.79 Å². The molecule has 3 aromatic rings. The highest BCUT2D eigenvalue weighted by atomic mass is 19.4. The molecule has 2 atom stereocenters. The van der Waals surface area contributed by atoms with Crippen LogP contribution in [0.3, 0.4) is 0 Å². The second-order valence-corrected chi connectivity index (χ2v) is 8.20. The van der Waals surface area contributed by atoms with E-state index < -0.39 is 11.7 Å². The molecule has 1 fully saturated rings. The van der Waals surface area contributed by atoms with Gasteiger partial charge in [0.25, 0.3) is 5.91 Å². The topological polar surface area (TPSA) is 88.8 Å². The van der Waals surface area contributed by atoms with Crippen LogP contribution in [-0.4, -0.2) is 54.9 Å². The summed E-state index contributed by atoms with van der Waals surface area (Å²) in [7, 11) is 0. The first kappa shape index (κ1) is 22.7. The number of carbonyl (C=O) groups is 1. The fourth-order valence-corrected chi connectivity index (χ4v) is 4.06. The molecule has 174 valence electrons. The van der Waals surface area contributed by atoms with E-state index in [0.29, 0.717) is 24.3 Å². The number of anilines is 1. The molecule has 4 rings (SSSR count). The van der Waals surface area contributed by atoms with Crippen molar-refractivity contribution in [3.8, 4) is 5.69 Å². The molecule has 0 bridgehead atoms. The molecule has 0 saturated carbocycles. The molecule has 1 unspecified atom stereocenters. The quantitative estimate of drug-likeness (QED) is 0.625. The summed E-state index contributed by atoms with van der Waals surface area (Å²) in [6, 6.07) is 5.33. The molecule has 33 heavy (non-hydrogen) atoms. The van der Waals surface area contributed by atoms with Crippen LogP contribution in [0.25, 0.3) is 5.69 Å². The average molecular weight is 459 g/mol. The molecule has 1 aliphatic heterocycles. The third kappa shape index (κ3) is 4.96. The van der Waals surface area contributed by atoms with E-state index in [-0.39, 0.29) is 23.8 Å². The number of alkyl halides is 3. The molecular formula is C22H24F3N7O. The van der Waals surface area contributed by atoms with Crippen LogP contribution in [-0.2, 0) is 6.18 Å². The first-order valence-electron chi connectivity index (χ1n) is 10.7. The summed E-state index contributed by atoms with van der Waals surface area (Å²) in [5.74, 6) is 0.125. The predicted molar refractivity (Wildman–Crippen MR) is 115 cm³/mol. The molecule has 0 spiro atoms.